The van der Waals surface area contributed by atoms with Crippen molar-refractivity contribution in [2.24, 2.45) is 0 Å². The second-order valence-corrected chi connectivity index (χ2v) is 7.18. The van der Waals surface area contributed by atoms with Crippen LogP contribution in [0.3, 0.4) is 0 Å². The van der Waals surface area contributed by atoms with Crippen LogP contribution >= 0.6 is 0 Å². The van der Waals surface area contributed by atoms with Gasteiger partial charge in [-0.3, -0.25) is 14.5 Å². The minimum atomic E-state index is -0.851. The SMILES string of the molecule is COc1cccc(C(CNC(=O)CNC(=O)c2cc(F)cc(F)c2)N2CCCC2)c1. The molecule has 1 aliphatic rings. The summed E-state index contributed by atoms with van der Waals surface area (Å²) in [4.78, 5) is 26.6. The van der Waals surface area contributed by atoms with Gasteiger partial charge in [-0.15, -0.1) is 0 Å². The van der Waals surface area contributed by atoms with Crippen LogP contribution in [0.15, 0.2) is 42.5 Å². The van der Waals surface area contributed by atoms with Crippen molar-refractivity contribution < 1.29 is 23.1 Å². The third-order valence-corrected chi connectivity index (χ3v) is 5.09. The van der Waals surface area contributed by atoms with Gasteiger partial charge in [-0.1, -0.05) is 12.1 Å². The average Bonchev–Trinajstić information content (AvgIpc) is 3.26. The Morgan fingerprint density at radius 3 is 2.43 bits per heavy atom. The number of carbonyl (C=O) groups is 2. The fourth-order valence-corrected chi connectivity index (χ4v) is 3.58. The number of hydrogen-bond acceptors (Lipinski definition) is 4. The number of methoxy groups -OCH3 is 1. The summed E-state index contributed by atoms with van der Waals surface area (Å²) in [6.07, 6.45) is 2.21. The number of ether oxygens (including phenoxy) is 1. The molecule has 1 saturated heterocycles. The van der Waals surface area contributed by atoms with Crippen molar-refractivity contribution in [3.8, 4) is 5.75 Å². The number of carbonyl (C=O) groups excluding carboxylic acids is 2. The van der Waals surface area contributed by atoms with Crippen molar-refractivity contribution in [2.45, 2.75) is 18.9 Å². The molecule has 160 valence electrons. The first-order chi connectivity index (χ1) is 14.5. The zero-order valence-electron chi connectivity index (χ0n) is 16.8. The van der Waals surface area contributed by atoms with Crippen molar-refractivity contribution >= 4 is 11.8 Å². The molecule has 2 aromatic rings. The van der Waals surface area contributed by atoms with Crippen LogP contribution in [0, 0.1) is 11.6 Å². The molecule has 0 saturated carbocycles. The van der Waals surface area contributed by atoms with E-state index in [2.05, 4.69) is 15.5 Å². The van der Waals surface area contributed by atoms with Gasteiger partial charge in [0.2, 0.25) is 5.91 Å². The van der Waals surface area contributed by atoms with Gasteiger partial charge in [0.25, 0.3) is 5.91 Å². The average molecular weight is 417 g/mol. The molecule has 1 unspecified atom stereocenters. The van der Waals surface area contributed by atoms with Gasteiger partial charge in [0.1, 0.15) is 17.4 Å². The molecule has 6 nitrogen and oxygen atoms in total. The third-order valence-electron chi connectivity index (χ3n) is 5.09. The molecule has 1 heterocycles. The van der Waals surface area contributed by atoms with E-state index in [1.807, 2.05) is 24.3 Å². The molecule has 0 aliphatic carbocycles. The lowest BCUT2D eigenvalue weighted by Crippen LogP contribution is -2.41. The highest BCUT2D eigenvalue weighted by atomic mass is 19.1. The molecule has 1 aliphatic heterocycles. The van der Waals surface area contributed by atoms with Gasteiger partial charge in [0.05, 0.1) is 19.7 Å². The first-order valence-electron chi connectivity index (χ1n) is 9.85. The summed E-state index contributed by atoms with van der Waals surface area (Å²) in [5, 5.41) is 5.23. The van der Waals surface area contributed by atoms with E-state index in [4.69, 9.17) is 4.74 Å². The Morgan fingerprint density at radius 2 is 1.77 bits per heavy atom. The Hall–Kier alpha value is -3.00. The first kappa shape index (κ1) is 21.7. The van der Waals surface area contributed by atoms with E-state index in [-0.39, 0.29) is 24.1 Å². The van der Waals surface area contributed by atoms with E-state index in [1.54, 1.807) is 7.11 Å². The molecule has 0 radical (unpaired) electrons. The Kier molecular flexibility index (Phi) is 7.35. The van der Waals surface area contributed by atoms with Gasteiger partial charge in [-0.25, -0.2) is 8.78 Å². The van der Waals surface area contributed by atoms with Gasteiger partial charge >= 0.3 is 0 Å². The van der Waals surface area contributed by atoms with Gasteiger partial charge in [0, 0.05) is 18.2 Å². The highest BCUT2D eigenvalue weighted by molar-refractivity contribution is 5.96. The van der Waals surface area contributed by atoms with Gasteiger partial charge < -0.3 is 15.4 Å². The van der Waals surface area contributed by atoms with E-state index in [9.17, 15) is 18.4 Å². The standard InChI is InChI=1S/C22H25F2N3O3/c1-30-19-6-4-5-15(11-19)20(27-7-2-3-8-27)13-25-21(28)14-26-22(29)16-9-17(23)12-18(24)10-16/h4-6,9-12,20H,2-3,7-8,13-14H2,1H3,(H,25,28)(H,26,29). The number of amides is 2. The van der Waals surface area contributed by atoms with Crippen LogP contribution in [0.4, 0.5) is 8.78 Å². The summed E-state index contributed by atoms with van der Waals surface area (Å²) in [7, 11) is 1.61. The molecule has 1 fully saturated rings. The molecule has 2 N–H and O–H groups in total. The van der Waals surface area contributed by atoms with E-state index < -0.39 is 17.5 Å². The molecule has 2 aromatic carbocycles. The fourth-order valence-electron chi connectivity index (χ4n) is 3.58. The molecule has 0 aromatic heterocycles. The Balaban J connectivity index is 1.58. The summed E-state index contributed by atoms with van der Waals surface area (Å²) in [6.45, 7) is 1.97. The quantitative estimate of drug-likeness (QED) is 0.693. The van der Waals surface area contributed by atoms with Crippen LogP contribution in [0.2, 0.25) is 0 Å². The van der Waals surface area contributed by atoms with Crippen LogP contribution in [-0.2, 0) is 4.79 Å². The highest BCUT2D eigenvalue weighted by Crippen LogP contribution is 2.27. The number of benzene rings is 2. The topological polar surface area (TPSA) is 70.7 Å². The van der Waals surface area contributed by atoms with E-state index in [0.717, 1.165) is 49.4 Å². The van der Waals surface area contributed by atoms with Crippen molar-refractivity contribution in [2.75, 3.05) is 33.3 Å². The molecule has 2 amide bonds. The molecule has 3 rings (SSSR count). The lowest BCUT2D eigenvalue weighted by Gasteiger charge is -2.28. The second-order valence-electron chi connectivity index (χ2n) is 7.18. The van der Waals surface area contributed by atoms with Gasteiger partial charge in [0.15, 0.2) is 0 Å². The molecule has 30 heavy (non-hydrogen) atoms. The minimum absolute atomic E-state index is 0.0143. The summed E-state index contributed by atoms with van der Waals surface area (Å²) in [5.41, 5.74) is 0.863. The minimum Gasteiger partial charge on any atom is -0.497 e. The fraction of sp³-hybridized carbons (Fsp3) is 0.364. The van der Waals surface area contributed by atoms with Crippen LogP contribution in [0.5, 0.6) is 5.75 Å². The molecule has 0 spiro atoms. The predicted molar refractivity (Wildman–Crippen MR) is 108 cm³/mol. The van der Waals surface area contributed by atoms with Crippen molar-refractivity contribution in [3.05, 3.63) is 65.2 Å². The number of hydrogen-bond donors (Lipinski definition) is 2. The molecule has 8 heteroatoms. The van der Waals surface area contributed by atoms with Crippen LogP contribution in [-0.4, -0.2) is 50.0 Å². The van der Waals surface area contributed by atoms with E-state index in [0.29, 0.717) is 12.6 Å². The van der Waals surface area contributed by atoms with Gasteiger partial charge in [-0.2, -0.15) is 0 Å². The lowest BCUT2D eigenvalue weighted by molar-refractivity contribution is -0.120. The second kappa shape index (κ2) is 10.2. The van der Waals surface area contributed by atoms with Crippen molar-refractivity contribution in [3.63, 3.8) is 0 Å². The largest absolute Gasteiger partial charge is 0.497 e. The Bertz CT molecular complexity index is 881. The molecular formula is C22H25F2N3O3. The van der Waals surface area contributed by atoms with Crippen LogP contribution in [0.1, 0.15) is 34.8 Å². The van der Waals surface area contributed by atoms with Crippen molar-refractivity contribution in [1.82, 2.24) is 15.5 Å². The van der Waals surface area contributed by atoms with Gasteiger partial charge in [-0.05, 0) is 55.8 Å². The summed E-state index contributed by atoms with van der Waals surface area (Å²) >= 11 is 0. The first-order valence-corrected chi connectivity index (χ1v) is 9.85. The normalized spacial score (nSPS) is 14.9. The van der Waals surface area contributed by atoms with Crippen molar-refractivity contribution in [1.29, 1.82) is 0 Å². The smallest absolute Gasteiger partial charge is 0.251 e. The van der Waals surface area contributed by atoms with Crippen LogP contribution < -0.4 is 15.4 Å². The number of nitrogens with one attached hydrogen (secondary N) is 2. The maximum absolute atomic E-state index is 13.2. The summed E-state index contributed by atoms with van der Waals surface area (Å²) in [6, 6.07) is 10.2. The van der Waals surface area contributed by atoms with Crippen LogP contribution in [0.25, 0.3) is 0 Å². The van der Waals surface area contributed by atoms with E-state index in [1.165, 1.54) is 0 Å². The maximum atomic E-state index is 13.2. The van der Waals surface area contributed by atoms with E-state index >= 15 is 0 Å². The predicted octanol–water partition coefficient (Wildman–Crippen LogP) is 2.66. The zero-order chi connectivity index (χ0) is 21.5. The Labute approximate surface area is 174 Å². The summed E-state index contributed by atoms with van der Waals surface area (Å²) in [5.74, 6) is -2.05. The monoisotopic (exact) mass is 417 g/mol. The Morgan fingerprint density at radius 1 is 1.07 bits per heavy atom. The summed E-state index contributed by atoms with van der Waals surface area (Å²) < 4.78 is 31.8. The number of likely N-dealkylation sites (tertiary alicyclic amines) is 1. The maximum Gasteiger partial charge on any atom is 0.251 e. The third kappa shape index (κ3) is 5.76. The molecular weight excluding hydrogens is 392 g/mol. The number of rotatable bonds is 8. The zero-order valence-corrected chi connectivity index (χ0v) is 16.8. The number of halogens is 2. The highest BCUT2D eigenvalue weighted by Gasteiger charge is 2.24. The lowest BCUT2D eigenvalue weighted by atomic mass is 10.0. The number of nitrogens with zero attached hydrogens (tertiary/aromatic N) is 1. The molecule has 1 atom stereocenters. The molecule has 0 bridgehead atoms.